The molecule has 0 aliphatic heterocycles. The molecule has 0 fully saturated rings. The zero-order valence-electron chi connectivity index (χ0n) is 7.01. The second-order valence-electron chi connectivity index (χ2n) is 2.63. The molecule has 0 bridgehead atoms. The molecule has 3 nitrogen and oxygen atoms in total. The molecule has 1 atom stereocenters. The van der Waals surface area contributed by atoms with Gasteiger partial charge in [0.1, 0.15) is 6.04 Å². The van der Waals surface area contributed by atoms with Crippen LogP contribution in [0.5, 0.6) is 0 Å². The SMILES string of the molecule is Cl.N[C@@H](Cc1ccccc1)C(=O)O. The maximum Gasteiger partial charge on any atom is 0.320 e. The van der Waals surface area contributed by atoms with Crippen molar-refractivity contribution in [2.24, 2.45) is 5.73 Å². The van der Waals surface area contributed by atoms with Crippen molar-refractivity contribution in [2.75, 3.05) is 0 Å². The van der Waals surface area contributed by atoms with Gasteiger partial charge >= 0.3 is 5.97 Å². The van der Waals surface area contributed by atoms with Crippen molar-refractivity contribution in [3.8, 4) is 0 Å². The Labute approximate surface area is 83.0 Å². The van der Waals surface area contributed by atoms with Crippen molar-refractivity contribution < 1.29 is 9.90 Å². The molecule has 0 amide bonds. The molecule has 1 aromatic carbocycles. The van der Waals surface area contributed by atoms with Crippen LogP contribution >= 0.6 is 12.4 Å². The van der Waals surface area contributed by atoms with Gasteiger partial charge in [0.2, 0.25) is 0 Å². The highest BCUT2D eigenvalue weighted by atomic mass is 35.5. The second kappa shape index (κ2) is 5.56. The van der Waals surface area contributed by atoms with E-state index < -0.39 is 12.0 Å². The molecule has 0 aromatic heterocycles. The first-order valence-electron chi connectivity index (χ1n) is 3.72. The largest absolute Gasteiger partial charge is 0.480 e. The standard InChI is InChI=1S/C9H11NO2.ClH/c10-8(9(11)12)6-7-4-2-1-3-5-7;/h1-5,8H,6,10H2,(H,11,12);1H/t8-;/m0./s1. The lowest BCUT2D eigenvalue weighted by molar-refractivity contribution is -0.138. The lowest BCUT2D eigenvalue weighted by Gasteiger charge is -2.04. The van der Waals surface area contributed by atoms with Gasteiger partial charge in [-0.1, -0.05) is 30.3 Å². The summed E-state index contributed by atoms with van der Waals surface area (Å²) in [4.78, 5) is 10.4. The number of benzene rings is 1. The van der Waals surface area contributed by atoms with E-state index in [1.165, 1.54) is 0 Å². The van der Waals surface area contributed by atoms with E-state index in [0.29, 0.717) is 6.42 Å². The van der Waals surface area contributed by atoms with Gasteiger partial charge in [-0.15, -0.1) is 12.4 Å². The van der Waals surface area contributed by atoms with Gasteiger partial charge in [-0.05, 0) is 12.0 Å². The highest BCUT2D eigenvalue weighted by Gasteiger charge is 2.10. The van der Waals surface area contributed by atoms with Gasteiger partial charge < -0.3 is 10.8 Å². The van der Waals surface area contributed by atoms with Crippen molar-refractivity contribution in [3.05, 3.63) is 35.9 Å². The van der Waals surface area contributed by atoms with Crippen molar-refractivity contribution in [1.29, 1.82) is 0 Å². The summed E-state index contributed by atoms with van der Waals surface area (Å²) in [5.41, 5.74) is 6.30. The predicted octanol–water partition coefficient (Wildman–Crippen LogP) is 1.06. The van der Waals surface area contributed by atoms with Crippen molar-refractivity contribution >= 4 is 18.4 Å². The quantitative estimate of drug-likeness (QED) is 0.769. The van der Waals surface area contributed by atoms with Crippen LogP contribution in [0.3, 0.4) is 0 Å². The van der Waals surface area contributed by atoms with E-state index in [0.717, 1.165) is 5.56 Å². The highest BCUT2D eigenvalue weighted by Crippen LogP contribution is 2.01. The van der Waals surface area contributed by atoms with E-state index in [9.17, 15) is 4.79 Å². The molecule has 1 aromatic rings. The zero-order chi connectivity index (χ0) is 8.97. The maximum absolute atomic E-state index is 10.4. The molecule has 0 saturated heterocycles. The van der Waals surface area contributed by atoms with Gasteiger partial charge in [-0.25, -0.2) is 0 Å². The number of aliphatic carboxylic acids is 1. The van der Waals surface area contributed by atoms with Crippen molar-refractivity contribution in [1.82, 2.24) is 0 Å². The topological polar surface area (TPSA) is 63.3 Å². The zero-order valence-corrected chi connectivity index (χ0v) is 7.83. The van der Waals surface area contributed by atoms with Crippen molar-refractivity contribution in [3.63, 3.8) is 0 Å². The Morgan fingerprint density at radius 2 is 1.92 bits per heavy atom. The smallest absolute Gasteiger partial charge is 0.320 e. The lowest BCUT2D eigenvalue weighted by Crippen LogP contribution is -2.32. The van der Waals surface area contributed by atoms with E-state index in [1.54, 1.807) is 0 Å². The summed E-state index contributed by atoms with van der Waals surface area (Å²) in [6.07, 6.45) is 0.385. The average Bonchev–Trinajstić information content (AvgIpc) is 2.06. The second-order valence-corrected chi connectivity index (χ2v) is 2.63. The number of rotatable bonds is 3. The molecule has 72 valence electrons. The van der Waals surface area contributed by atoms with E-state index in [2.05, 4.69) is 0 Å². The van der Waals surface area contributed by atoms with Crippen LogP contribution in [0.2, 0.25) is 0 Å². The molecular formula is C9H12ClNO2. The van der Waals surface area contributed by atoms with Crippen LogP contribution in [0, 0.1) is 0 Å². The Bertz CT molecular complexity index is 264. The minimum atomic E-state index is -0.959. The van der Waals surface area contributed by atoms with E-state index in [1.807, 2.05) is 30.3 Å². The molecule has 0 heterocycles. The van der Waals surface area contributed by atoms with E-state index >= 15 is 0 Å². The molecule has 0 unspecified atom stereocenters. The number of hydrogen-bond donors (Lipinski definition) is 2. The van der Waals surface area contributed by atoms with Crippen LogP contribution in [0.25, 0.3) is 0 Å². The maximum atomic E-state index is 10.4. The summed E-state index contributed by atoms with van der Waals surface area (Å²) in [6.45, 7) is 0. The van der Waals surface area contributed by atoms with Crippen LogP contribution in [0.4, 0.5) is 0 Å². The Hall–Kier alpha value is -1.06. The van der Waals surface area contributed by atoms with Gasteiger partial charge in [-0.2, -0.15) is 0 Å². The number of carboxylic acids is 1. The third kappa shape index (κ3) is 3.92. The summed E-state index contributed by atoms with van der Waals surface area (Å²) < 4.78 is 0. The third-order valence-electron chi connectivity index (χ3n) is 1.62. The molecule has 13 heavy (non-hydrogen) atoms. The summed E-state index contributed by atoms with van der Waals surface area (Å²) >= 11 is 0. The number of carbonyl (C=O) groups is 1. The first-order valence-corrected chi connectivity index (χ1v) is 3.72. The molecule has 0 aliphatic carbocycles. The third-order valence-corrected chi connectivity index (χ3v) is 1.62. The minimum absolute atomic E-state index is 0. The molecule has 1 rings (SSSR count). The highest BCUT2D eigenvalue weighted by molar-refractivity contribution is 5.85. The predicted molar refractivity (Wildman–Crippen MR) is 53.0 cm³/mol. The van der Waals surface area contributed by atoms with Gasteiger partial charge in [0, 0.05) is 0 Å². The van der Waals surface area contributed by atoms with Crippen LogP contribution in [0.1, 0.15) is 5.56 Å². The molecule has 0 spiro atoms. The summed E-state index contributed by atoms with van der Waals surface area (Å²) in [5, 5.41) is 8.52. The minimum Gasteiger partial charge on any atom is -0.480 e. The Morgan fingerprint density at radius 1 is 1.38 bits per heavy atom. The van der Waals surface area contributed by atoms with E-state index in [4.69, 9.17) is 10.8 Å². The summed E-state index contributed by atoms with van der Waals surface area (Å²) in [7, 11) is 0. The normalized spacial score (nSPS) is 11.5. The number of carboxylic acid groups (broad SMARTS) is 1. The molecular weight excluding hydrogens is 190 g/mol. The van der Waals surface area contributed by atoms with E-state index in [-0.39, 0.29) is 12.4 Å². The fourth-order valence-corrected chi connectivity index (χ4v) is 0.955. The first kappa shape index (κ1) is 11.9. The average molecular weight is 202 g/mol. The molecule has 3 N–H and O–H groups in total. The van der Waals surface area contributed by atoms with Crippen LogP contribution in [-0.4, -0.2) is 17.1 Å². The number of nitrogens with two attached hydrogens (primary N) is 1. The van der Waals surface area contributed by atoms with Crippen molar-refractivity contribution in [2.45, 2.75) is 12.5 Å². The molecule has 0 saturated carbocycles. The molecule has 0 radical (unpaired) electrons. The monoisotopic (exact) mass is 201 g/mol. The fourth-order valence-electron chi connectivity index (χ4n) is 0.955. The Kier molecular flexibility index (Phi) is 5.11. The molecule has 0 aliphatic rings. The molecule has 4 heteroatoms. The Morgan fingerprint density at radius 3 is 2.38 bits per heavy atom. The van der Waals surface area contributed by atoms with Crippen LogP contribution in [-0.2, 0) is 11.2 Å². The summed E-state index contributed by atoms with van der Waals surface area (Å²) in [5.74, 6) is -0.959. The Balaban J connectivity index is 0.00000144. The van der Waals surface area contributed by atoms with Gasteiger partial charge in [0.25, 0.3) is 0 Å². The van der Waals surface area contributed by atoms with Crippen LogP contribution in [0.15, 0.2) is 30.3 Å². The number of hydrogen-bond acceptors (Lipinski definition) is 2. The van der Waals surface area contributed by atoms with Gasteiger partial charge in [0.15, 0.2) is 0 Å². The van der Waals surface area contributed by atoms with Crippen LogP contribution < -0.4 is 5.73 Å². The first-order chi connectivity index (χ1) is 5.70. The van der Waals surface area contributed by atoms with Gasteiger partial charge in [0.05, 0.1) is 0 Å². The fraction of sp³-hybridized carbons (Fsp3) is 0.222. The summed E-state index contributed by atoms with van der Waals surface area (Å²) in [6, 6.07) is 8.54. The lowest BCUT2D eigenvalue weighted by atomic mass is 10.1. The van der Waals surface area contributed by atoms with Gasteiger partial charge in [-0.3, -0.25) is 4.79 Å². The number of halogens is 1.